The van der Waals surface area contributed by atoms with E-state index in [2.05, 4.69) is 18.1 Å². The molecule has 1 aromatic rings. The van der Waals surface area contributed by atoms with Crippen LogP contribution < -0.4 is 0 Å². The van der Waals surface area contributed by atoms with E-state index in [1.807, 2.05) is 33.0 Å². The fraction of sp³-hybridized carbons (Fsp3) is 0.250. The minimum Gasteiger partial charge on any atom is -0.264 e. The molecule has 0 saturated heterocycles. The zero-order chi connectivity index (χ0) is 10.3. The monoisotopic (exact) mass is 175 g/mol. The fourth-order valence-corrected chi connectivity index (χ4v) is 1.04. The first-order valence-electron chi connectivity index (χ1n) is 4.49. The zero-order valence-electron chi connectivity index (χ0n) is 8.67. The number of hydrogen-bond acceptors (Lipinski definition) is 1. The predicted molar refractivity (Wildman–Crippen MR) is 60.5 cm³/mol. The summed E-state index contributed by atoms with van der Waals surface area (Å²) in [5.74, 6) is 0. The standard InChI is InChI=1S/C10H11N.C2H6/c1-4-9-7-11-6-8(3)10(9)5-2;1-2/h4-7H,1-2H2,3H3;1-2H3. The first-order chi connectivity index (χ1) is 6.29. The molecule has 0 saturated carbocycles. The van der Waals surface area contributed by atoms with Gasteiger partial charge in [-0.25, -0.2) is 0 Å². The highest BCUT2D eigenvalue weighted by Crippen LogP contribution is 2.14. The van der Waals surface area contributed by atoms with Crippen LogP contribution in [0.2, 0.25) is 0 Å². The van der Waals surface area contributed by atoms with Crippen LogP contribution in [-0.2, 0) is 0 Å². The minimum absolute atomic E-state index is 1.04. The van der Waals surface area contributed by atoms with Gasteiger partial charge in [-0.2, -0.15) is 0 Å². The molecule has 0 radical (unpaired) electrons. The van der Waals surface area contributed by atoms with E-state index in [1.54, 1.807) is 12.3 Å². The molecule has 1 nitrogen and oxygen atoms in total. The van der Waals surface area contributed by atoms with E-state index in [0.29, 0.717) is 0 Å². The maximum absolute atomic E-state index is 4.04. The van der Waals surface area contributed by atoms with Gasteiger partial charge in [-0.1, -0.05) is 39.2 Å². The maximum atomic E-state index is 4.04. The first-order valence-corrected chi connectivity index (χ1v) is 4.49. The van der Waals surface area contributed by atoms with Gasteiger partial charge in [-0.05, 0) is 23.6 Å². The topological polar surface area (TPSA) is 12.9 Å². The van der Waals surface area contributed by atoms with Gasteiger partial charge in [0.05, 0.1) is 0 Å². The molecule has 70 valence electrons. The van der Waals surface area contributed by atoms with Gasteiger partial charge in [0.15, 0.2) is 0 Å². The number of nitrogens with zero attached hydrogens (tertiary/aromatic N) is 1. The quantitative estimate of drug-likeness (QED) is 0.667. The molecule has 0 aliphatic carbocycles. The summed E-state index contributed by atoms with van der Waals surface area (Å²) in [6.45, 7) is 13.4. The lowest BCUT2D eigenvalue weighted by molar-refractivity contribution is 1.25. The third kappa shape index (κ3) is 2.86. The Balaban J connectivity index is 0.000000671. The van der Waals surface area contributed by atoms with Crippen molar-refractivity contribution in [2.45, 2.75) is 20.8 Å². The Bertz CT molecular complexity index is 287. The Labute approximate surface area is 80.8 Å². The molecular weight excluding hydrogens is 158 g/mol. The van der Waals surface area contributed by atoms with E-state index in [9.17, 15) is 0 Å². The molecule has 0 atom stereocenters. The Morgan fingerprint density at radius 2 is 1.77 bits per heavy atom. The van der Waals surface area contributed by atoms with Crippen LogP contribution in [0.15, 0.2) is 25.6 Å². The largest absolute Gasteiger partial charge is 0.264 e. The summed E-state index contributed by atoms with van der Waals surface area (Å²) in [6.07, 6.45) is 7.23. The number of rotatable bonds is 2. The van der Waals surface area contributed by atoms with Crippen molar-refractivity contribution >= 4 is 12.2 Å². The summed E-state index contributed by atoms with van der Waals surface area (Å²) in [4.78, 5) is 4.04. The van der Waals surface area contributed by atoms with E-state index in [1.165, 1.54) is 0 Å². The summed E-state index contributed by atoms with van der Waals surface area (Å²) in [5.41, 5.74) is 3.30. The Morgan fingerprint density at radius 3 is 2.15 bits per heavy atom. The molecular formula is C12H17N. The van der Waals surface area contributed by atoms with Crippen LogP contribution in [0.4, 0.5) is 0 Å². The van der Waals surface area contributed by atoms with Crippen LogP contribution >= 0.6 is 0 Å². The van der Waals surface area contributed by atoms with Gasteiger partial charge in [0, 0.05) is 12.4 Å². The Hall–Kier alpha value is -1.37. The first kappa shape index (κ1) is 11.6. The highest BCUT2D eigenvalue weighted by Gasteiger charge is 1.97. The molecule has 0 spiro atoms. The van der Waals surface area contributed by atoms with Crippen molar-refractivity contribution in [2.24, 2.45) is 0 Å². The molecule has 0 unspecified atom stereocenters. The van der Waals surface area contributed by atoms with Crippen molar-refractivity contribution in [1.29, 1.82) is 0 Å². The number of pyridine rings is 1. The van der Waals surface area contributed by atoms with Crippen molar-refractivity contribution in [2.75, 3.05) is 0 Å². The van der Waals surface area contributed by atoms with Crippen molar-refractivity contribution in [1.82, 2.24) is 4.98 Å². The van der Waals surface area contributed by atoms with Crippen molar-refractivity contribution in [3.05, 3.63) is 42.2 Å². The van der Waals surface area contributed by atoms with Crippen LogP contribution in [0, 0.1) is 6.92 Å². The molecule has 0 N–H and O–H groups in total. The van der Waals surface area contributed by atoms with E-state index >= 15 is 0 Å². The van der Waals surface area contributed by atoms with E-state index < -0.39 is 0 Å². The normalized spacial score (nSPS) is 8.23. The van der Waals surface area contributed by atoms with Crippen LogP contribution in [0.3, 0.4) is 0 Å². The lowest BCUT2D eigenvalue weighted by Gasteiger charge is -2.02. The van der Waals surface area contributed by atoms with Gasteiger partial charge in [0.25, 0.3) is 0 Å². The highest BCUT2D eigenvalue weighted by molar-refractivity contribution is 5.64. The van der Waals surface area contributed by atoms with Crippen LogP contribution in [0.5, 0.6) is 0 Å². The highest BCUT2D eigenvalue weighted by atomic mass is 14.6. The van der Waals surface area contributed by atoms with Gasteiger partial charge < -0.3 is 0 Å². The SMILES string of the molecule is C=Cc1cncc(C)c1C=C.CC. The second-order valence-electron chi connectivity index (χ2n) is 2.37. The van der Waals surface area contributed by atoms with E-state index in [0.717, 1.165) is 16.7 Å². The molecule has 0 aliphatic rings. The number of aryl methyl sites for hydroxylation is 1. The fourth-order valence-electron chi connectivity index (χ4n) is 1.04. The predicted octanol–water partition coefficient (Wildman–Crippen LogP) is 3.70. The van der Waals surface area contributed by atoms with Gasteiger partial charge in [0.1, 0.15) is 0 Å². The molecule has 13 heavy (non-hydrogen) atoms. The molecule has 1 heteroatoms. The zero-order valence-corrected chi connectivity index (χ0v) is 8.67. The van der Waals surface area contributed by atoms with Gasteiger partial charge in [-0.3, -0.25) is 4.98 Å². The summed E-state index contributed by atoms with van der Waals surface area (Å²) in [7, 11) is 0. The van der Waals surface area contributed by atoms with Crippen molar-refractivity contribution < 1.29 is 0 Å². The third-order valence-corrected chi connectivity index (χ3v) is 1.64. The van der Waals surface area contributed by atoms with Crippen molar-refractivity contribution in [3.63, 3.8) is 0 Å². The minimum atomic E-state index is 1.04. The molecule has 1 heterocycles. The van der Waals surface area contributed by atoms with E-state index in [4.69, 9.17) is 0 Å². The maximum Gasteiger partial charge on any atom is 0.0346 e. The Morgan fingerprint density at radius 1 is 1.15 bits per heavy atom. The molecule has 1 aromatic heterocycles. The molecule has 0 amide bonds. The smallest absolute Gasteiger partial charge is 0.0346 e. The van der Waals surface area contributed by atoms with Crippen molar-refractivity contribution in [3.8, 4) is 0 Å². The number of aromatic nitrogens is 1. The van der Waals surface area contributed by atoms with Gasteiger partial charge in [-0.15, -0.1) is 0 Å². The van der Waals surface area contributed by atoms with Crippen LogP contribution in [0.1, 0.15) is 30.5 Å². The van der Waals surface area contributed by atoms with Gasteiger partial charge in [0.2, 0.25) is 0 Å². The second-order valence-corrected chi connectivity index (χ2v) is 2.37. The molecule has 1 rings (SSSR count). The summed E-state index contributed by atoms with van der Waals surface area (Å²) < 4.78 is 0. The van der Waals surface area contributed by atoms with E-state index in [-0.39, 0.29) is 0 Å². The second kappa shape index (κ2) is 6.18. The van der Waals surface area contributed by atoms with Gasteiger partial charge >= 0.3 is 0 Å². The summed E-state index contributed by atoms with van der Waals surface area (Å²) in [5, 5.41) is 0. The Kier molecular flexibility index (Phi) is 5.53. The lowest BCUT2D eigenvalue weighted by atomic mass is 10.1. The van der Waals surface area contributed by atoms with Crippen LogP contribution in [0.25, 0.3) is 12.2 Å². The summed E-state index contributed by atoms with van der Waals surface area (Å²) in [6, 6.07) is 0. The average molecular weight is 175 g/mol. The summed E-state index contributed by atoms with van der Waals surface area (Å²) >= 11 is 0. The molecule has 0 aromatic carbocycles. The molecule has 0 fully saturated rings. The molecule has 0 aliphatic heterocycles. The number of hydrogen-bond donors (Lipinski definition) is 0. The average Bonchev–Trinajstić information content (AvgIpc) is 2.20. The van der Waals surface area contributed by atoms with Crippen LogP contribution in [-0.4, -0.2) is 4.98 Å². The third-order valence-electron chi connectivity index (χ3n) is 1.64. The molecule has 0 bridgehead atoms. The lowest BCUT2D eigenvalue weighted by Crippen LogP contribution is -1.87.